The number of thioether (sulfide) groups is 1. The standard InChI is InChI=1S/C25H18ClFN2O7S2/c1-35-21-11-15(7-10-20(21)36-38(33,34)17-5-3-2-4-6-17)12-22-24(31)29(25(32)37-22)14-23(30)28-16-8-9-19(27)18(26)13-16/h2-13H,14H2,1H3,(H,28,30)/b22-12-. The Bertz CT molecular complexity index is 1560. The Morgan fingerprint density at radius 2 is 1.82 bits per heavy atom. The van der Waals surface area contributed by atoms with Crippen LogP contribution in [0.25, 0.3) is 6.08 Å². The zero-order valence-electron chi connectivity index (χ0n) is 19.5. The second-order valence-corrected chi connectivity index (χ2v) is 10.7. The molecular formula is C25H18ClFN2O7S2. The molecule has 4 rings (SSSR count). The van der Waals surface area contributed by atoms with Crippen molar-refractivity contribution in [1.82, 2.24) is 4.90 Å². The average Bonchev–Trinajstić information content (AvgIpc) is 3.14. The summed E-state index contributed by atoms with van der Waals surface area (Å²) >= 11 is 6.33. The smallest absolute Gasteiger partial charge is 0.339 e. The molecule has 3 aromatic rings. The molecule has 1 aliphatic heterocycles. The first kappa shape index (κ1) is 27.2. The minimum Gasteiger partial charge on any atom is -0.493 e. The lowest BCUT2D eigenvalue weighted by Gasteiger charge is -2.13. The number of nitrogens with one attached hydrogen (secondary N) is 1. The molecule has 0 aromatic heterocycles. The number of carbonyl (C=O) groups excluding carboxylic acids is 3. The lowest BCUT2D eigenvalue weighted by atomic mass is 10.2. The average molecular weight is 577 g/mol. The van der Waals surface area contributed by atoms with Gasteiger partial charge >= 0.3 is 10.1 Å². The molecule has 38 heavy (non-hydrogen) atoms. The molecule has 1 heterocycles. The van der Waals surface area contributed by atoms with Gasteiger partial charge in [-0.05, 0) is 65.9 Å². The van der Waals surface area contributed by atoms with Gasteiger partial charge in [0.1, 0.15) is 17.3 Å². The highest BCUT2D eigenvalue weighted by molar-refractivity contribution is 8.18. The number of methoxy groups -OCH3 is 1. The number of nitrogens with zero attached hydrogens (tertiary/aromatic N) is 1. The van der Waals surface area contributed by atoms with Crippen LogP contribution in [0.15, 0.2) is 76.5 Å². The molecule has 0 spiro atoms. The third-order valence-corrected chi connectivity index (χ3v) is 7.54. The zero-order chi connectivity index (χ0) is 27.4. The summed E-state index contributed by atoms with van der Waals surface area (Å²) in [4.78, 5) is 38.3. The van der Waals surface area contributed by atoms with E-state index in [9.17, 15) is 27.2 Å². The number of ether oxygens (including phenoxy) is 1. The Balaban J connectivity index is 1.48. The second kappa shape index (κ2) is 11.3. The molecule has 13 heteroatoms. The lowest BCUT2D eigenvalue weighted by molar-refractivity contribution is -0.127. The number of imide groups is 1. The number of benzene rings is 3. The van der Waals surface area contributed by atoms with Crippen LogP contribution >= 0.6 is 23.4 Å². The highest BCUT2D eigenvalue weighted by Crippen LogP contribution is 2.35. The number of amides is 3. The van der Waals surface area contributed by atoms with E-state index in [1.54, 1.807) is 18.2 Å². The molecule has 1 N–H and O–H groups in total. The Hall–Kier alpha value is -3.87. The largest absolute Gasteiger partial charge is 0.493 e. The van der Waals surface area contributed by atoms with Crippen molar-refractivity contribution < 1.29 is 36.1 Å². The van der Waals surface area contributed by atoms with E-state index in [-0.39, 0.29) is 32.0 Å². The molecular weight excluding hydrogens is 559 g/mol. The van der Waals surface area contributed by atoms with E-state index in [0.29, 0.717) is 17.3 Å². The van der Waals surface area contributed by atoms with Crippen LogP contribution in [0.2, 0.25) is 5.02 Å². The molecule has 1 aliphatic rings. The van der Waals surface area contributed by atoms with Crippen molar-refractivity contribution >= 4 is 62.3 Å². The van der Waals surface area contributed by atoms with Crippen molar-refractivity contribution in [3.05, 3.63) is 88.0 Å². The third kappa shape index (κ3) is 6.15. The number of hydrogen-bond donors (Lipinski definition) is 1. The minimum atomic E-state index is -4.11. The van der Waals surface area contributed by atoms with Crippen LogP contribution in [-0.4, -0.2) is 44.0 Å². The summed E-state index contributed by atoms with van der Waals surface area (Å²) < 4.78 is 48.9. The normalized spacial score (nSPS) is 14.6. The Kier molecular flexibility index (Phi) is 8.05. The molecule has 0 unspecified atom stereocenters. The van der Waals surface area contributed by atoms with Crippen LogP contribution in [0.3, 0.4) is 0 Å². The summed E-state index contributed by atoms with van der Waals surface area (Å²) in [7, 11) is -2.79. The van der Waals surface area contributed by atoms with E-state index in [1.807, 2.05) is 0 Å². The highest BCUT2D eigenvalue weighted by atomic mass is 35.5. The molecule has 0 saturated carbocycles. The predicted molar refractivity (Wildman–Crippen MR) is 140 cm³/mol. The van der Waals surface area contributed by atoms with Gasteiger partial charge in [-0.3, -0.25) is 19.3 Å². The first-order valence-corrected chi connectivity index (χ1v) is 13.4. The van der Waals surface area contributed by atoms with E-state index in [1.165, 1.54) is 55.7 Å². The van der Waals surface area contributed by atoms with Gasteiger partial charge in [0, 0.05) is 5.69 Å². The number of halogens is 2. The second-order valence-electron chi connectivity index (χ2n) is 7.71. The van der Waals surface area contributed by atoms with E-state index < -0.39 is 39.5 Å². The fourth-order valence-corrected chi connectivity index (χ4v) is 5.28. The molecule has 0 radical (unpaired) electrons. The Morgan fingerprint density at radius 3 is 2.50 bits per heavy atom. The summed E-state index contributed by atoms with van der Waals surface area (Å²) in [6, 6.07) is 15.4. The van der Waals surface area contributed by atoms with Gasteiger partial charge in [0.2, 0.25) is 5.91 Å². The van der Waals surface area contributed by atoms with E-state index in [4.69, 9.17) is 20.5 Å². The summed E-state index contributed by atoms with van der Waals surface area (Å²) in [6.07, 6.45) is 1.40. The van der Waals surface area contributed by atoms with Crippen LogP contribution in [0.4, 0.5) is 14.9 Å². The molecule has 3 aromatic carbocycles. The molecule has 0 bridgehead atoms. The SMILES string of the molecule is COc1cc(/C=C2\SC(=O)N(CC(=O)Nc3ccc(F)c(Cl)c3)C2=O)ccc1OS(=O)(=O)c1ccccc1. The van der Waals surface area contributed by atoms with Crippen molar-refractivity contribution in [2.24, 2.45) is 0 Å². The number of rotatable bonds is 8. The van der Waals surface area contributed by atoms with Gasteiger partial charge < -0.3 is 14.2 Å². The van der Waals surface area contributed by atoms with Crippen molar-refractivity contribution in [1.29, 1.82) is 0 Å². The number of carbonyl (C=O) groups is 3. The van der Waals surface area contributed by atoms with Crippen LogP contribution in [0.5, 0.6) is 11.5 Å². The van der Waals surface area contributed by atoms with Gasteiger partial charge in [-0.2, -0.15) is 8.42 Å². The van der Waals surface area contributed by atoms with Crippen molar-refractivity contribution in [3.63, 3.8) is 0 Å². The van der Waals surface area contributed by atoms with Crippen molar-refractivity contribution in [2.45, 2.75) is 4.90 Å². The van der Waals surface area contributed by atoms with Gasteiger partial charge in [0.25, 0.3) is 11.1 Å². The molecule has 3 amide bonds. The summed E-state index contributed by atoms with van der Waals surface area (Å²) in [5.41, 5.74) is 0.620. The monoisotopic (exact) mass is 576 g/mol. The van der Waals surface area contributed by atoms with Crippen LogP contribution < -0.4 is 14.2 Å². The third-order valence-electron chi connectivity index (χ3n) is 5.10. The fraction of sp³-hybridized carbons (Fsp3) is 0.0800. The van der Waals surface area contributed by atoms with Crippen LogP contribution in [0.1, 0.15) is 5.56 Å². The lowest BCUT2D eigenvalue weighted by Crippen LogP contribution is -2.36. The van der Waals surface area contributed by atoms with Crippen molar-refractivity contribution in [3.8, 4) is 11.5 Å². The summed E-state index contributed by atoms with van der Waals surface area (Å²) in [5, 5.41) is 1.60. The quantitative estimate of drug-likeness (QED) is 0.296. The van der Waals surface area contributed by atoms with Gasteiger partial charge in [-0.1, -0.05) is 35.9 Å². The topological polar surface area (TPSA) is 119 Å². The van der Waals surface area contributed by atoms with Gasteiger partial charge in [0.05, 0.1) is 17.0 Å². The van der Waals surface area contributed by atoms with Gasteiger partial charge in [-0.15, -0.1) is 0 Å². The molecule has 9 nitrogen and oxygen atoms in total. The predicted octanol–water partition coefficient (Wildman–Crippen LogP) is 4.93. The van der Waals surface area contributed by atoms with E-state index in [0.717, 1.165) is 11.0 Å². The Morgan fingerprint density at radius 1 is 1.08 bits per heavy atom. The van der Waals surface area contributed by atoms with Gasteiger partial charge in [-0.25, -0.2) is 4.39 Å². The summed E-state index contributed by atoms with van der Waals surface area (Å²) in [6.45, 7) is -0.565. The first-order valence-electron chi connectivity index (χ1n) is 10.8. The Labute approximate surface area is 226 Å². The maximum absolute atomic E-state index is 13.3. The van der Waals surface area contributed by atoms with Crippen molar-refractivity contribution in [2.75, 3.05) is 19.0 Å². The zero-order valence-corrected chi connectivity index (χ0v) is 21.9. The summed E-state index contributed by atoms with van der Waals surface area (Å²) in [5.74, 6) is -2.03. The number of anilines is 1. The van der Waals surface area contributed by atoms with Crippen LogP contribution in [-0.2, 0) is 19.7 Å². The molecule has 0 atom stereocenters. The molecule has 1 saturated heterocycles. The van der Waals surface area contributed by atoms with Crippen LogP contribution in [0, 0.1) is 5.82 Å². The van der Waals surface area contributed by atoms with E-state index >= 15 is 0 Å². The highest BCUT2D eigenvalue weighted by Gasteiger charge is 2.36. The first-order chi connectivity index (χ1) is 18.1. The van der Waals surface area contributed by atoms with Gasteiger partial charge in [0.15, 0.2) is 11.5 Å². The number of hydrogen-bond acceptors (Lipinski definition) is 8. The van der Waals surface area contributed by atoms with E-state index in [2.05, 4.69) is 5.32 Å². The maximum Gasteiger partial charge on any atom is 0.339 e. The molecule has 196 valence electrons. The molecule has 0 aliphatic carbocycles. The maximum atomic E-state index is 13.3. The minimum absolute atomic E-state index is 0.0358. The fourth-order valence-electron chi connectivity index (χ4n) is 3.30. The molecule has 1 fully saturated rings.